The largest absolute Gasteiger partial charge is 0.326 e. The van der Waals surface area contributed by atoms with Gasteiger partial charge in [0.05, 0.1) is 11.8 Å². The van der Waals surface area contributed by atoms with Crippen LogP contribution in [0.5, 0.6) is 0 Å². The lowest BCUT2D eigenvalue weighted by molar-refractivity contribution is -0.122. The van der Waals surface area contributed by atoms with Crippen LogP contribution in [0.4, 0.5) is 11.4 Å². The molecule has 1 aliphatic rings. The Kier molecular flexibility index (Phi) is 4.78. The second-order valence-electron chi connectivity index (χ2n) is 5.90. The molecule has 6 heteroatoms. The highest BCUT2D eigenvalue weighted by Crippen LogP contribution is 2.40. The van der Waals surface area contributed by atoms with Gasteiger partial charge in [-0.2, -0.15) is 0 Å². The van der Waals surface area contributed by atoms with Crippen LogP contribution < -0.4 is 10.6 Å². The molecule has 24 heavy (non-hydrogen) atoms. The molecule has 0 saturated heterocycles. The zero-order valence-electron chi connectivity index (χ0n) is 13.0. The maximum absolute atomic E-state index is 12.2. The van der Waals surface area contributed by atoms with Crippen molar-refractivity contribution in [1.29, 1.82) is 0 Å². The van der Waals surface area contributed by atoms with E-state index in [9.17, 15) is 9.59 Å². The Morgan fingerprint density at radius 2 is 1.58 bits per heavy atom. The fourth-order valence-electron chi connectivity index (χ4n) is 2.48. The molecule has 1 fully saturated rings. The summed E-state index contributed by atoms with van der Waals surface area (Å²) >= 11 is 11.9. The van der Waals surface area contributed by atoms with Crippen molar-refractivity contribution in [2.45, 2.75) is 13.3 Å². The molecular weight excluding hydrogens is 347 g/mol. The summed E-state index contributed by atoms with van der Waals surface area (Å²) in [5.74, 6) is -0.963. The smallest absolute Gasteiger partial charge is 0.228 e. The highest BCUT2D eigenvalue weighted by Gasteiger charge is 2.48. The molecule has 2 N–H and O–H groups in total. The molecule has 124 valence electrons. The molecule has 0 heterocycles. The van der Waals surface area contributed by atoms with Crippen LogP contribution in [0.15, 0.2) is 42.5 Å². The molecule has 2 unspecified atom stereocenters. The van der Waals surface area contributed by atoms with Gasteiger partial charge in [0, 0.05) is 21.4 Å². The summed E-state index contributed by atoms with van der Waals surface area (Å²) in [4.78, 5) is 24.4. The molecule has 1 aliphatic carbocycles. The highest BCUT2D eigenvalue weighted by molar-refractivity contribution is 6.31. The van der Waals surface area contributed by atoms with Gasteiger partial charge in [-0.15, -0.1) is 0 Å². The first-order chi connectivity index (χ1) is 11.4. The Labute approximate surface area is 150 Å². The number of benzene rings is 2. The van der Waals surface area contributed by atoms with Gasteiger partial charge in [-0.25, -0.2) is 0 Å². The number of aryl methyl sites for hydroxylation is 1. The van der Waals surface area contributed by atoms with Crippen LogP contribution in [0.2, 0.25) is 10.0 Å². The minimum atomic E-state index is -0.315. The van der Waals surface area contributed by atoms with Crippen molar-refractivity contribution in [3.63, 3.8) is 0 Å². The van der Waals surface area contributed by atoms with Crippen molar-refractivity contribution in [2.24, 2.45) is 11.8 Å². The van der Waals surface area contributed by atoms with Gasteiger partial charge in [0.15, 0.2) is 0 Å². The Balaban J connectivity index is 1.57. The molecule has 0 aromatic heterocycles. The van der Waals surface area contributed by atoms with Gasteiger partial charge in [-0.05, 0) is 49.2 Å². The quantitative estimate of drug-likeness (QED) is 0.839. The van der Waals surface area contributed by atoms with Crippen LogP contribution in [-0.2, 0) is 9.59 Å². The molecule has 2 atom stereocenters. The van der Waals surface area contributed by atoms with Crippen molar-refractivity contribution in [2.75, 3.05) is 10.6 Å². The molecule has 1 saturated carbocycles. The van der Waals surface area contributed by atoms with Crippen LogP contribution in [0, 0.1) is 18.8 Å². The lowest BCUT2D eigenvalue weighted by Gasteiger charge is -2.07. The number of rotatable bonds is 4. The lowest BCUT2D eigenvalue weighted by Crippen LogP contribution is -2.20. The number of amides is 2. The number of carbonyl (C=O) groups excluding carboxylic acids is 2. The van der Waals surface area contributed by atoms with E-state index in [1.165, 1.54) is 0 Å². The van der Waals surface area contributed by atoms with Crippen molar-refractivity contribution in [3.05, 3.63) is 58.1 Å². The monoisotopic (exact) mass is 362 g/mol. The SMILES string of the molecule is Cc1ccc(NC(=O)C2CC2C(=O)Nc2cccc(Cl)c2)cc1Cl. The summed E-state index contributed by atoms with van der Waals surface area (Å²) in [5, 5.41) is 6.74. The first-order valence-electron chi connectivity index (χ1n) is 7.57. The normalized spacial score (nSPS) is 18.8. The molecule has 0 aliphatic heterocycles. The minimum absolute atomic E-state index is 0.166. The Bertz CT molecular complexity index is 807. The van der Waals surface area contributed by atoms with Crippen LogP contribution in [-0.4, -0.2) is 11.8 Å². The van der Waals surface area contributed by atoms with E-state index >= 15 is 0 Å². The van der Waals surface area contributed by atoms with Gasteiger partial charge in [0.25, 0.3) is 0 Å². The second kappa shape index (κ2) is 6.83. The predicted octanol–water partition coefficient (Wildman–Crippen LogP) is 4.52. The van der Waals surface area contributed by atoms with E-state index in [1.807, 2.05) is 13.0 Å². The Morgan fingerprint density at radius 3 is 2.17 bits per heavy atom. The summed E-state index contributed by atoms with van der Waals surface area (Å²) in [6, 6.07) is 12.3. The standard InChI is InChI=1S/C18H16Cl2N2O2/c1-10-5-6-13(8-16(10)20)22-18(24)15-9-14(15)17(23)21-12-4-2-3-11(19)7-12/h2-8,14-15H,9H2,1H3,(H,21,23)(H,22,24). The first-order valence-corrected chi connectivity index (χ1v) is 8.33. The number of hydrogen-bond donors (Lipinski definition) is 2. The van der Waals surface area contributed by atoms with Crippen LogP contribution in [0.25, 0.3) is 0 Å². The fraction of sp³-hybridized carbons (Fsp3) is 0.222. The van der Waals surface area contributed by atoms with Crippen molar-refractivity contribution in [1.82, 2.24) is 0 Å². The van der Waals surface area contributed by atoms with Gasteiger partial charge in [-0.1, -0.05) is 35.3 Å². The maximum atomic E-state index is 12.2. The Morgan fingerprint density at radius 1 is 0.958 bits per heavy atom. The zero-order valence-corrected chi connectivity index (χ0v) is 14.5. The van der Waals surface area contributed by atoms with E-state index in [4.69, 9.17) is 23.2 Å². The summed E-state index contributed by atoms with van der Waals surface area (Å²) in [6.07, 6.45) is 0.540. The zero-order chi connectivity index (χ0) is 17.3. The topological polar surface area (TPSA) is 58.2 Å². The summed E-state index contributed by atoms with van der Waals surface area (Å²) in [6.45, 7) is 1.89. The van der Waals surface area contributed by atoms with Crippen molar-refractivity contribution < 1.29 is 9.59 Å². The van der Waals surface area contributed by atoms with E-state index in [1.54, 1.807) is 36.4 Å². The third kappa shape index (κ3) is 3.89. The predicted molar refractivity (Wildman–Crippen MR) is 96.5 cm³/mol. The number of nitrogens with one attached hydrogen (secondary N) is 2. The molecular formula is C18H16Cl2N2O2. The third-order valence-corrected chi connectivity index (χ3v) is 4.64. The fourth-order valence-corrected chi connectivity index (χ4v) is 2.85. The van der Waals surface area contributed by atoms with Crippen LogP contribution in [0.1, 0.15) is 12.0 Å². The van der Waals surface area contributed by atoms with Gasteiger partial charge in [0.1, 0.15) is 0 Å². The molecule has 2 aromatic carbocycles. The molecule has 0 radical (unpaired) electrons. The third-order valence-electron chi connectivity index (χ3n) is 4.00. The highest BCUT2D eigenvalue weighted by atomic mass is 35.5. The summed E-state index contributed by atoms with van der Waals surface area (Å²) < 4.78 is 0. The van der Waals surface area contributed by atoms with E-state index in [0.717, 1.165) is 5.56 Å². The summed E-state index contributed by atoms with van der Waals surface area (Å²) in [5.41, 5.74) is 2.21. The molecule has 0 spiro atoms. The molecule has 0 bridgehead atoms. The maximum Gasteiger partial charge on any atom is 0.228 e. The molecule has 4 nitrogen and oxygen atoms in total. The summed E-state index contributed by atoms with van der Waals surface area (Å²) in [7, 11) is 0. The van der Waals surface area contributed by atoms with Gasteiger partial charge in [0.2, 0.25) is 11.8 Å². The molecule has 2 aromatic rings. The lowest BCUT2D eigenvalue weighted by atomic mass is 10.2. The van der Waals surface area contributed by atoms with E-state index in [0.29, 0.717) is 27.8 Å². The second-order valence-corrected chi connectivity index (χ2v) is 6.75. The van der Waals surface area contributed by atoms with Gasteiger partial charge < -0.3 is 10.6 Å². The van der Waals surface area contributed by atoms with E-state index < -0.39 is 0 Å². The Hall–Kier alpha value is -2.04. The van der Waals surface area contributed by atoms with Crippen LogP contribution >= 0.6 is 23.2 Å². The average Bonchev–Trinajstić information content (AvgIpc) is 3.32. The number of halogens is 2. The van der Waals surface area contributed by atoms with Crippen molar-refractivity contribution >= 4 is 46.4 Å². The minimum Gasteiger partial charge on any atom is -0.326 e. The van der Waals surface area contributed by atoms with Gasteiger partial charge in [-0.3, -0.25) is 9.59 Å². The van der Waals surface area contributed by atoms with Crippen LogP contribution in [0.3, 0.4) is 0 Å². The first kappa shape index (κ1) is 16.8. The van der Waals surface area contributed by atoms with E-state index in [2.05, 4.69) is 10.6 Å². The van der Waals surface area contributed by atoms with Crippen molar-refractivity contribution in [3.8, 4) is 0 Å². The number of anilines is 2. The number of hydrogen-bond acceptors (Lipinski definition) is 2. The average molecular weight is 363 g/mol. The van der Waals surface area contributed by atoms with Gasteiger partial charge >= 0.3 is 0 Å². The molecule has 2 amide bonds. The molecule has 3 rings (SSSR count). The van der Waals surface area contributed by atoms with E-state index in [-0.39, 0.29) is 23.7 Å². The number of carbonyl (C=O) groups is 2.